The second-order valence-corrected chi connectivity index (χ2v) is 7.64. The van der Waals surface area contributed by atoms with Crippen LogP contribution in [0.15, 0.2) is 48.5 Å². The lowest BCUT2D eigenvalue weighted by atomic mass is 10.3. The van der Waals surface area contributed by atoms with Crippen LogP contribution < -0.4 is 15.1 Å². The first kappa shape index (κ1) is 21.4. The van der Waals surface area contributed by atoms with Gasteiger partial charge in [-0.2, -0.15) is 0 Å². The molecule has 0 bridgehead atoms. The summed E-state index contributed by atoms with van der Waals surface area (Å²) in [7, 11) is 1.59. The number of nitrogens with one attached hydrogen (secondary N) is 1. The SMILES string of the molecule is COc1ccccc1OC[C@@H](O)Cn1c(=N)n(CCN2CCOCC2)c2ccccc21. The Morgan fingerprint density at radius 2 is 1.61 bits per heavy atom. The molecule has 166 valence electrons. The first-order valence-corrected chi connectivity index (χ1v) is 10.6. The molecule has 31 heavy (non-hydrogen) atoms. The lowest BCUT2D eigenvalue weighted by molar-refractivity contribution is 0.0363. The summed E-state index contributed by atoms with van der Waals surface area (Å²) in [6.45, 7) is 5.35. The Bertz CT molecular complexity index is 1060. The Hall–Kier alpha value is -2.81. The third-order valence-corrected chi connectivity index (χ3v) is 5.61. The minimum atomic E-state index is -0.766. The third kappa shape index (κ3) is 4.92. The summed E-state index contributed by atoms with van der Waals surface area (Å²) in [6.07, 6.45) is -0.766. The molecule has 1 aromatic heterocycles. The molecule has 8 heteroatoms. The molecule has 2 aromatic carbocycles. The first-order valence-electron chi connectivity index (χ1n) is 10.6. The van der Waals surface area contributed by atoms with Crippen LogP contribution in [-0.4, -0.2) is 71.8 Å². The highest BCUT2D eigenvalue weighted by Gasteiger charge is 2.16. The monoisotopic (exact) mass is 426 g/mol. The number of methoxy groups -OCH3 is 1. The minimum absolute atomic E-state index is 0.111. The Labute approximate surface area is 181 Å². The second kappa shape index (κ2) is 10.00. The number of hydrogen-bond acceptors (Lipinski definition) is 6. The number of benzene rings is 2. The highest BCUT2D eigenvalue weighted by Crippen LogP contribution is 2.26. The van der Waals surface area contributed by atoms with Crippen molar-refractivity contribution >= 4 is 11.0 Å². The van der Waals surface area contributed by atoms with Crippen molar-refractivity contribution in [3.63, 3.8) is 0 Å². The molecular weight excluding hydrogens is 396 g/mol. The van der Waals surface area contributed by atoms with Crippen LogP contribution in [0.2, 0.25) is 0 Å². The average Bonchev–Trinajstić information content (AvgIpc) is 3.08. The van der Waals surface area contributed by atoms with Crippen LogP contribution in [0, 0.1) is 5.41 Å². The van der Waals surface area contributed by atoms with E-state index in [2.05, 4.69) is 4.90 Å². The lowest BCUT2D eigenvalue weighted by Gasteiger charge is -2.26. The number of aliphatic hydroxyl groups is 1. The quantitative estimate of drug-likeness (QED) is 0.544. The fraction of sp³-hybridized carbons (Fsp3) is 0.435. The van der Waals surface area contributed by atoms with E-state index in [1.807, 2.05) is 57.7 Å². The number of ether oxygens (including phenoxy) is 3. The molecule has 1 saturated heterocycles. The number of hydrogen-bond donors (Lipinski definition) is 2. The summed E-state index contributed by atoms with van der Waals surface area (Å²) in [4.78, 5) is 2.36. The zero-order valence-electron chi connectivity index (χ0n) is 17.9. The molecule has 3 aromatic rings. The van der Waals surface area contributed by atoms with E-state index in [0.29, 0.717) is 17.1 Å². The summed E-state index contributed by atoms with van der Waals surface area (Å²) in [5.41, 5.74) is 2.32. The van der Waals surface area contributed by atoms with Gasteiger partial charge >= 0.3 is 0 Å². The smallest absolute Gasteiger partial charge is 0.203 e. The molecule has 1 fully saturated rings. The molecule has 0 saturated carbocycles. The lowest BCUT2D eigenvalue weighted by Crippen LogP contribution is -2.39. The second-order valence-electron chi connectivity index (χ2n) is 7.64. The number of para-hydroxylation sites is 4. The standard InChI is InChI=1S/C23H30N4O4/c1-29-21-8-4-5-9-22(21)31-17-18(28)16-27-20-7-3-2-6-19(20)26(23(27)24)11-10-25-12-14-30-15-13-25/h2-9,18,24,28H,10-17H2,1H3/t18-/m0/s1. The normalized spacial score (nSPS) is 15.8. The van der Waals surface area contributed by atoms with E-state index in [9.17, 15) is 5.11 Å². The van der Waals surface area contributed by atoms with Gasteiger partial charge in [0.1, 0.15) is 12.7 Å². The number of imidazole rings is 1. The predicted octanol–water partition coefficient (Wildman–Crippen LogP) is 1.70. The topological polar surface area (TPSA) is 84.9 Å². The highest BCUT2D eigenvalue weighted by molar-refractivity contribution is 5.75. The van der Waals surface area contributed by atoms with Crippen molar-refractivity contribution in [3.05, 3.63) is 54.1 Å². The van der Waals surface area contributed by atoms with Gasteiger partial charge in [0.05, 0.1) is 37.9 Å². The van der Waals surface area contributed by atoms with E-state index in [-0.39, 0.29) is 13.2 Å². The molecule has 4 rings (SSSR count). The van der Waals surface area contributed by atoms with Crippen molar-refractivity contribution < 1.29 is 19.3 Å². The maximum Gasteiger partial charge on any atom is 0.203 e. The van der Waals surface area contributed by atoms with Crippen LogP contribution in [0.5, 0.6) is 11.5 Å². The molecule has 0 amide bonds. The number of morpholine rings is 1. The Morgan fingerprint density at radius 1 is 0.968 bits per heavy atom. The number of fused-ring (bicyclic) bond motifs is 1. The summed E-state index contributed by atoms with van der Waals surface area (Å²) >= 11 is 0. The van der Waals surface area contributed by atoms with Crippen molar-refractivity contribution in [1.29, 1.82) is 5.41 Å². The number of rotatable bonds is 9. The van der Waals surface area contributed by atoms with Gasteiger partial charge in [-0.15, -0.1) is 0 Å². The molecular formula is C23H30N4O4. The fourth-order valence-electron chi connectivity index (χ4n) is 3.96. The van der Waals surface area contributed by atoms with Gasteiger partial charge in [0.25, 0.3) is 0 Å². The zero-order chi connectivity index (χ0) is 21.6. The molecule has 1 aliphatic heterocycles. The van der Waals surface area contributed by atoms with Gasteiger partial charge in [0, 0.05) is 26.2 Å². The highest BCUT2D eigenvalue weighted by atomic mass is 16.5. The van der Waals surface area contributed by atoms with E-state index in [1.54, 1.807) is 7.11 Å². The van der Waals surface area contributed by atoms with Crippen LogP contribution >= 0.6 is 0 Å². The van der Waals surface area contributed by atoms with Crippen LogP contribution in [0.3, 0.4) is 0 Å². The maximum absolute atomic E-state index is 10.7. The average molecular weight is 427 g/mol. The zero-order valence-corrected chi connectivity index (χ0v) is 17.9. The Morgan fingerprint density at radius 3 is 2.32 bits per heavy atom. The summed E-state index contributed by atoms with van der Waals surface area (Å²) in [6, 6.07) is 15.3. The third-order valence-electron chi connectivity index (χ3n) is 5.61. The van der Waals surface area contributed by atoms with Crippen molar-refractivity contribution in [1.82, 2.24) is 14.0 Å². The van der Waals surface area contributed by atoms with Crippen molar-refractivity contribution in [2.45, 2.75) is 19.2 Å². The summed E-state index contributed by atoms with van der Waals surface area (Å²) in [5.74, 6) is 1.22. The maximum atomic E-state index is 10.7. The molecule has 2 N–H and O–H groups in total. The number of nitrogens with zero attached hydrogens (tertiary/aromatic N) is 3. The molecule has 1 aliphatic rings. The van der Waals surface area contributed by atoms with Gasteiger partial charge in [0.2, 0.25) is 5.62 Å². The van der Waals surface area contributed by atoms with Gasteiger partial charge in [-0.05, 0) is 24.3 Å². The predicted molar refractivity (Wildman–Crippen MR) is 118 cm³/mol. The fourth-order valence-corrected chi connectivity index (χ4v) is 3.96. The molecule has 8 nitrogen and oxygen atoms in total. The number of aromatic nitrogens is 2. The van der Waals surface area contributed by atoms with Gasteiger partial charge in [-0.25, -0.2) is 0 Å². The molecule has 0 unspecified atom stereocenters. The van der Waals surface area contributed by atoms with E-state index in [4.69, 9.17) is 19.6 Å². The van der Waals surface area contributed by atoms with Crippen LogP contribution in [0.25, 0.3) is 11.0 Å². The molecule has 2 heterocycles. The first-order chi connectivity index (χ1) is 15.2. The minimum Gasteiger partial charge on any atom is -0.493 e. The van der Waals surface area contributed by atoms with Gasteiger partial charge in [-0.3, -0.25) is 10.3 Å². The van der Waals surface area contributed by atoms with Gasteiger partial charge < -0.3 is 28.5 Å². The van der Waals surface area contributed by atoms with Gasteiger partial charge in [0.15, 0.2) is 11.5 Å². The van der Waals surface area contributed by atoms with Crippen LogP contribution in [0.4, 0.5) is 0 Å². The van der Waals surface area contributed by atoms with E-state index < -0.39 is 6.10 Å². The van der Waals surface area contributed by atoms with Crippen molar-refractivity contribution in [2.75, 3.05) is 46.6 Å². The molecule has 0 aliphatic carbocycles. The van der Waals surface area contributed by atoms with E-state index in [0.717, 1.165) is 50.4 Å². The van der Waals surface area contributed by atoms with E-state index in [1.165, 1.54) is 0 Å². The van der Waals surface area contributed by atoms with Crippen LogP contribution in [-0.2, 0) is 17.8 Å². The van der Waals surface area contributed by atoms with Crippen molar-refractivity contribution in [3.8, 4) is 11.5 Å². The molecule has 0 spiro atoms. The largest absolute Gasteiger partial charge is 0.493 e. The molecule has 0 radical (unpaired) electrons. The van der Waals surface area contributed by atoms with Crippen molar-refractivity contribution in [2.24, 2.45) is 0 Å². The number of aliphatic hydroxyl groups excluding tert-OH is 1. The van der Waals surface area contributed by atoms with Gasteiger partial charge in [-0.1, -0.05) is 24.3 Å². The van der Waals surface area contributed by atoms with Crippen LogP contribution in [0.1, 0.15) is 0 Å². The Kier molecular flexibility index (Phi) is 6.91. The Balaban J connectivity index is 1.48. The van der Waals surface area contributed by atoms with E-state index >= 15 is 0 Å². The molecule has 1 atom stereocenters. The summed E-state index contributed by atoms with van der Waals surface area (Å²) in [5, 5.41) is 19.4. The summed E-state index contributed by atoms with van der Waals surface area (Å²) < 4.78 is 20.4.